The van der Waals surface area contributed by atoms with Gasteiger partial charge in [-0.15, -0.1) is 0 Å². The average Bonchev–Trinajstić information content (AvgIpc) is 3.27. The number of rotatable bonds is 11. The van der Waals surface area contributed by atoms with Crippen molar-refractivity contribution < 1.29 is 59.9 Å². The number of carbonyl (C=O) groups is 1. The van der Waals surface area contributed by atoms with Gasteiger partial charge in [0.2, 0.25) is 6.29 Å². The number of unbranched alkanes of at least 4 members (excludes halogenated alkanes) is 1. The van der Waals surface area contributed by atoms with E-state index in [0.717, 1.165) is 18.4 Å². The van der Waals surface area contributed by atoms with Crippen LogP contribution in [0.15, 0.2) is 18.2 Å². The topological polar surface area (TPSA) is 207 Å². The molecule has 1 aromatic rings. The number of phenolic OH excluding ortho intramolecular Hbond substituents is 1. The second kappa shape index (κ2) is 13.9. The van der Waals surface area contributed by atoms with Gasteiger partial charge in [0.25, 0.3) is 0 Å². The zero-order valence-corrected chi connectivity index (χ0v) is 31.3. The van der Waals surface area contributed by atoms with Crippen LogP contribution >= 0.6 is 0 Å². The largest absolute Gasteiger partial charge is 0.504 e. The van der Waals surface area contributed by atoms with Crippen LogP contribution in [0.1, 0.15) is 97.3 Å². The SMILES string of the molecule is CCCCOC(C)(C)C=CC(O)C(C)(O)C1C(O)CC2(C)C3CCc4c(cc(OC5OC(CO)C(O)C(O)C5O)c(O)c4C)C3(C)C(=O)CC12C. The highest BCUT2D eigenvalue weighted by Gasteiger charge is 2.73. The maximum atomic E-state index is 14.7. The number of benzene rings is 1. The van der Waals surface area contributed by atoms with Crippen molar-refractivity contribution in [3.05, 3.63) is 34.9 Å². The lowest BCUT2D eigenvalue weighted by atomic mass is 9.41. The van der Waals surface area contributed by atoms with Gasteiger partial charge in [0, 0.05) is 18.9 Å². The van der Waals surface area contributed by atoms with E-state index in [2.05, 4.69) is 13.8 Å². The Hall–Kier alpha value is -2.13. The third kappa shape index (κ3) is 6.36. The maximum Gasteiger partial charge on any atom is 0.229 e. The van der Waals surface area contributed by atoms with Gasteiger partial charge in [-0.1, -0.05) is 39.3 Å². The fourth-order valence-corrected chi connectivity index (χ4v) is 10.2. The second-order valence-electron chi connectivity index (χ2n) is 17.0. The monoisotopic (exact) mass is 720 g/mol. The first-order valence-electron chi connectivity index (χ1n) is 18.4. The molecule has 0 amide bonds. The molecule has 1 saturated heterocycles. The number of aliphatic hydroxyl groups is 7. The molecule has 8 N–H and O–H groups in total. The molecule has 3 fully saturated rings. The molecule has 51 heavy (non-hydrogen) atoms. The lowest BCUT2D eigenvalue weighted by molar-refractivity contribution is -0.277. The average molecular weight is 721 g/mol. The van der Waals surface area contributed by atoms with Crippen LogP contribution in [0.4, 0.5) is 0 Å². The van der Waals surface area contributed by atoms with Crippen molar-refractivity contribution in [1.29, 1.82) is 0 Å². The van der Waals surface area contributed by atoms with E-state index in [0.29, 0.717) is 37.0 Å². The molecule has 1 aliphatic heterocycles. The number of fused-ring (bicyclic) bond motifs is 5. The number of aliphatic hydroxyl groups excluding tert-OH is 6. The maximum absolute atomic E-state index is 14.7. The van der Waals surface area contributed by atoms with Gasteiger partial charge in [-0.2, -0.15) is 0 Å². The predicted octanol–water partition coefficient (Wildman–Crippen LogP) is 2.33. The molecule has 1 aromatic carbocycles. The van der Waals surface area contributed by atoms with Gasteiger partial charge in [0.15, 0.2) is 11.5 Å². The van der Waals surface area contributed by atoms with Crippen molar-refractivity contribution in [2.24, 2.45) is 22.7 Å². The molecular formula is C39H60O12. The Kier molecular flexibility index (Phi) is 10.9. The first-order chi connectivity index (χ1) is 23.6. The number of hydrogen-bond donors (Lipinski definition) is 8. The molecule has 288 valence electrons. The summed E-state index contributed by atoms with van der Waals surface area (Å²) in [6.07, 6.45) is -3.57. The molecule has 1 heterocycles. The summed E-state index contributed by atoms with van der Waals surface area (Å²) < 4.78 is 17.4. The Balaban J connectivity index is 1.49. The molecule has 0 aromatic heterocycles. The van der Waals surface area contributed by atoms with Crippen LogP contribution in [0.3, 0.4) is 0 Å². The Morgan fingerprint density at radius 3 is 2.37 bits per heavy atom. The summed E-state index contributed by atoms with van der Waals surface area (Å²) in [6, 6.07) is 1.58. The number of Topliss-reactive ketones (excluding diaryl/α,β-unsaturated/α-hetero) is 1. The molecule has 0 bridgehead atoms. The van der Waals surface area contributed by atoms with E-state index >= 15 is 0 Å². The van der Waals surface area contributed by atoms with Gasteiger partial charge in [-0.25, -0.2) is 0 Å². The van der Waals surface area contributed by atoms with Crippen molar-refractivity contribution in [2.45, 2.75) is 153 Å². The van der Waals surface area contributed by atoms with E-state index in [1.807, 2.05) is 27.7 Å². The first kappa shape index (κ1) is 40.1. The minimum absolute atomic E-state index is 0.0126. The van der Waals surface area contributed by atoms with E-state index < -0.39 is 82.9 Å². The van der Waals surface area contributed by atoms with Crippen LogP contribution in [0, 0.1) is 29.6 Å². The van der Waals surface area contributed by atoms with Crippen LogP contribution in [-0.4, -0.2) is 114 Å². The first-order valence-corrected chi connectivity index (χ1v) is 18.4. The summed E-state index contributed by atoms with van der Waals surface area (Å²) in [5, 5.41) is 87.5. The van der Waals surface area contributed by atoms with Crippen LogP contribution < -0.4 is 4.74 Å². The number of phenols is 1. The second-order valence-corrected chi connectivity index (χ2v) is 17.0. The van der Waals surface area contributed by atoms with Gasteiger partial charge in [-0.3, -0.25) is 4.79 Å². The third-order valence-corrected chi connectivity index (χ3v) is 13.4. The molecule has 0 radical (unpaired) electrons. The van der Waals surface area contributed by atoms with Crippen LogP contribution in [0.2, 0.25) is 0 Å². The Bertz CT molecular complexity index is 1490. The molecule has 13 unspecified atom stereocenters. The van der Waals surface area contributed by atoms with Crippen molar-refractivity contribution in [3.63, 3.8) is 0 Å². The van der Waals surface area contributed by atoms with Crippen LogP contribution in [0.5, 0.6) is 11.5 Å². The van der Waals surface area contributed by atoms with Crippen LogP contribution in [0.25, 0.3) is 0 Å². The number of carbonyl (C=O) groups excluding carboxylic acids is 1. The quantitative estimate of drug-likeness (QED) is 0.123. The number of hydrogen-bond acceptors (Lipinski definition) is 12. The van der Waals surface area contributed by atoms with Gasteiger partial charge >= 0.3 is 0 Å². The number of ketones is 1. The summed E-state index contributed by atoms with van der Waals surface area (Å²) in [5.41, 5.74) is -3.23. The molecule has 0 spiro atoms. The van der Waals surface area contributed by atoms with Gasteiger partial charge in [0.05, 0.1) is 29.3 Å². The normalized spacial score (nSPS) is 40.0. The Morgan fingerprint density at radius 1 is 1.08 bits per heavy atom. The van der Waals surface area contributed by atoms with Gasteiger partial charge in [-0.05, 0) is 99.8 Å². The van der Waals surface area contributed by atoms with E-state index in [1.54, 1.807) is 19.1 Å². The third-order valence-electron chi connectivity index (χ3n) is 13.4. The number of ether oxygens (including phenoxy) is 3. The summed E-state index contributed by atoms with van der Waals surface area (Å²) >= 11 is 0. The fraction of sp³-hybridized carbons (Fsp3) is 0.769. The standard InChI is InChI=1S/C39H60O12/c1-9-10-15-49-35(3,4)14-13-27(42)39(8,48)33-23(41)17-36(5)26-12-11-21-20(2)29(44)24(16-22(21)38(26,7)28(43)18-37(33,36)6)50-34-32(47)31(46)30(45)25(19-40)51-34/h13-14,16,23,25-27,30-34,40-42,44-48H,9-12,15,17-19H2,1-8H3. The van der Waals surface area contributed by atoms with Crippen molar-refractivity contribution in [2.75, 3.05) is 13.2 Å². The zero-order chi connectivity index (χ0) is 38.1. The molecule has 13 atom stereocenters. The minimum Gasteiger partial charge on any atom is -0.504 e. The summed E-state index contributed by atoms with van der Waals surface area (Å²) in [4.78, 5) is 14.7. The van der Waals surface area contributed by atoms with E-state index in [-0.39, 0.29) is 29.6 Å². The van der Waals surface area contributed by atoms with Crippen LogP contribution in [-0.2, 0) is 26.1 Å². The zero-order valence-electron chi connectivity index (χ0n) is 31.3. The molecular weight excluding hydrogens is 660 g/mol. The van der Waals surface area contributed by atoms with E-state index in [4.69, 9.17) is 14.2 Å². The lowest BCUT2D eigenvalue weighted by Crippen LogP contribution is -2.64. The summed E-state index contributed by atoms with van der Waals surface area (Å²) in [6.45, 7) is 14.9. The Morgan fingerprint density at radius 2 is 1.75 bits per heavy atom. The molecule has 2 saturated carbocycles. The van der Waals surface area contributed by atoms with Crippen molar-refractivity contribution in [3.8, 4) is 11.5 Å². The molecule has 3 aliphatic carbocycles. The fourth-order valence-electron chi connectivity index (χ4n) is 10.2. The predicted molar refractivity (Wildman–Crippen MR) is 187 cm³/mol. The van der Waals surface area contributed by atoms with Gasteiger partial charge < -0.3 is 55.1 Å². The highest BCUT2D eigenvalue weighted by Crippen LogP contribution is 2.72. The lowest BCUT2D eigenvalue weighted by Gasteiger charge is -2.62. The molecule has 5 rings (SSSR count). The Labute approximate surface area is 301 Å². The van der Waals surface area contributed by atoms with Gasteiger partial charge in [0.1, 0.15) is 36.3 Å². The molecule has 12 heteroatoms. The van der Waals surface area contributed by atoms with Crippen molar-refractivity contribution >= 4 is 5.78 Å². The number of aromatic hydroxyl groups is 1. The smallest absolute Gasteiger partial charge is 0.229 e. The molecule has 12 nitrogen and oxygen atoms in total. The minimum atomic E-state index is -1.79. The summed E-state index contributed by atoms with van der Waals surface area (Å²) in [5.74, 6) is -1.57. The van der Waals surface area contributed by atoms with E-state index in [9.17, 15) is 45.6 Å². The molecule has 4 aliphatic rings. The van der Waals surface area contributed by atoms with Crippen molar-refractivity contribution in [1.82, 2.24) is 0 Å². The highest BCUT2D eigenvalue weighted by atomic mass is 16.7. The highest BCUT2D eigenvalue weighted by molar-refractivity contribution is 5.93. The van der Waals surface area contributed by atoms with E-state index in [1.165, 1.54) is 13.0 Å². The summed E-state index contributed by atoms with van der Waals surface area (Å²) in [7, 11) is 0.